The molecule has 0 saturated heterocycles. The molecule has 0 fully saturated rings. The first-order valence-corrected chi connectivity index (χ1v) is 30.3. The van der Waals surface area contributed by atoms with E-state index in [0.717, 1.165) is 11.8 Å². The van der Waals surface area contributed by atoms with Gasteiger partial charge in [0.2, 0.25) is 0 Å². The summed E-state index contributed by atoms with van der Waals surface area (Å²) in [5.74, 6) is 1.67. The Bertz CT molecular complexity index is 1420. The third-order valence-electron chi connectivity index (χ3n) is 5.98. The molecule has 0 nitrogen and oxygen atoms in total. The minimum atomic E-state index is 0. The standard InChI is InChI=1S/2C10H8.4C6H6.2C4H10.12C2H6.8CH3.6V.W/c2*1-2-6-10-8-4-3-7-9(10)5-1;4*1-2-4-6-5-3-1;2*1-4(2)3;12*1-2;;;;;;;;;;;;;;;/h2*1-8H;4*1-6H;2*4H,1-3H3;12*1-2H3;8*1H3;;;;;;;/q;;;;;;;;;;;;;;;;;;;;8*-1;;;;;;;+2. The van der Waals surface area contributed by atoms with Crippen LogP contribution in [0.5, 0.6) is 0 Å². The Labute approximate surface area is 668 Å². The predicted octanol–water partition coefficient (Wildman–Crippen LogP) is 31.6. The maximum Gasteiger partial charge on any atom is 2.00 e. The van der Waals surface area contributed by atoms with Gasteiger partial charge < -0.3 is 59.4 Å². The molecule has 0 aliphatic rings. The van der Waals surface area contributed by atoms with Crippen molar-refractivity contribution in [2.45, 2.75) is 208 Å². The molecule has 0 bridgehead atoms. The van der Waals surface area contributed by atoms with E-state index in [-0.39, 0.29) is 192 Å². The molecule has 534 valence electrons. The summed E-state index contributed by atoms with van der Waals surface area (Å²) in [4.78, 5) is 0. The predicted molar refractivity (Wildman–Crippen MR) is 422 cm³/mol. The Hall–Kier alpha value is -1.53. The van der Waals surface area contributed by atoms with Gasteiger partial charge >= 0.3 is 21.1 Å². The van der Waals surface area contributed by atoms with Crippen molar-refractivity contribution in [3.63, 3.8) is 0 Å². The van der Waals surface area contributed by atoms with Gasteiger partial charge in [-0.25, -0.2) is 0 Å². The molecule has 0 atom stereocenters. The number of hydrogen-bond donors (Lipinski definition) is 0. The summed E-state index contributed by atoms with van der Waals surface area (Å²) >= 11 is 0. The van der Waals surface area contributed by atoms with Crippen LogP contribution in [0.2, 0.25) is 0 Å². The zero-order valence-electron chi connectivity index (χ0n) is 67.3. The SMILES string of the molecule is CC.CC.CC.CC.CC.CC.CC.CC.CC.CC.CC.CC.CC(C)C.CC(C)C.[CH3-].[CH3-].[CH3-].[CH3-].[CH3-].[CH3-].[CH3-].[CH3-].[V].[V].[V].[V].[V].[V].[W+2].c1ccc2ccccc2c1.c1ccc2ccccc2c1.c1ccccc1.c1ccccc1.c1ccccc1.c1ccccc1. The maximum atomic E-state index is 2.17. The molecule has 0 aromatic heterocycles. The Balaban J connectivity index is -0.0000000194. The van der Waals surface area contributed by atoms with Gasteiger partial charge in [0.25, 0.3) is 0 Å². The van der Waals surface area contributed by atoms with Crippen LogP contribution in [0, 0.1) is 71.2 Å². The van der Waals surface area contributed by atoms with Crippen molar-refractivity contribution in [2.75, 3.05) is 0 Å². The van der Waals surface area contributed by atoms with E-state index in [9.17, 15) is 0 Å². The fourth-order valence-electron chi connectivity index (χ4n) is 3.81. The molecule has 0 N–H and O–H groups in total. The number of fused-ring (bicyclic) bond motifs is 2. The van der Waals surface area contributed by atoms with Crippen LogP contribution < -0.4 is 0 Å². The molecule has 6 radical (unpaired) electrons. The van der Waals surface area contributed by atoms with E-state index in [0.29, 0.717) is 0 Å². The monoisotopic (exact) mass is 1650 g/mol. The quantitative estimate of drug-likeness (QED) is 0.133. The van der Waals surface area contributed by atoms with Crippen molar-refractivity contribution in [3.8, 4) is 0 Å². The third-order valence-corrected chi connectivity index (χ3v) is 5.98. The van der Waals surface area contributed by atoms with Crippen molar-refractivity contribution >= 4 is 21.5 Å². The van der Waals surface area contributed by atoms with Gasteiger partial charge in [0.1, 0.15) is 0 Å². The molecule has 0 spiro atoms. The van der Waals surface area contributed by atoms with Crippen LogP contribution in [-0.4, -0.2) is 0 Å². The average molecular weight is 1660 g/mol. The summed E-state index contributed by atoms with van der Waals surface area (Å²) in [5.41, 5.74) is 0. The molecule has 8 rings (SSSR count). The van der Waals surface area contributed by atoms with E-state index in [4.69, 9.17) is 0 Å². The fraction of sp³-hybridized carbons (Fsp3) is 0.381. The Morgan fingerprint density at radius 1 is 0.143 bits per heavy atom. The van der Waals surface area contributed by atoms with Crippen molar-refractivity contribution in [1.82, 2.24) is 0 Å². The van der Waals surface area contributed by atoms with E-state index in [1.165, 1.54) is 21.5 Å². The van der Waals surface area contributed by atoms with Gasteiger partial charge in [-0.2, -0.15) is 0 Å². The Morgan fingerprint density at radius 2 is 0.187 bits per heavy atom. The second-order valence-electron chi connectivity index (χ2n) is 12.8. The van der Waals surface area contributed by atoms with Crippen LogP contribution in [0.4, 0.5) is 0 Å². The summed E-state index contributed by atoms with van der Waals surface area (Å²) in [6.45, 7) is 61.0. The number of hydrogen-bond acceptors (Lipinski definition) is 0. The van der Waals surface area contributed by atoms with Gasteiger partial charge in [-0.3, -0.25) is 0 Å². The van der Waals surface area contributed by atoms with Crippen LogP contribution >= 0.6 is 0 Å². The largest absolute Gasteiger partial charge is 2.00 e. The zero-order chi connectivity index (χ0) is 61.7. The maximum absolute atomic E-state index is 2.17. The molecule has 0 aliphatic carbocycles. The van der Waals surface area contributed by atoms with Crippen LogP contribution in [0.25, 0.3) is 21.5 Å². The first kappa shape index (κ1) is 179. The summed E-state index contributed by atoms with van der Waals surface area (Å²) < 4.78 is 0. The summed E-state index contributed by atoms with van der Waals surface area (Å²) in [5, 5.41) is 5.24. The summed E-state index contributed by atoms with van der Waals surface area (Å²) in [7, 11) is 0. The first-order chi connectivity index (χ1) is 37.4. The molecule has 0 unspecified atom stereocenters. The van der Waals surface area contributed by atoms with Gasteiger partial charge in [-0.05, 0) is 33.4 Å². The number of rotatable bonds is 0. The van der Waals surface area contributed by atoms with E-state index in [2.05, 4.69) is 139 Å². The summed E-state index contributed by atoms with van der Waals surface area (Å²) in [6, 6.07) is 81.4. The Kier molecular flexibility index (Phi) is 419. The van der Waals surface area contributed by atoms with Crippen molar-refractivity contribution in [3.05, 3.63) is 302 Å². The molecule has 8 aromatic carbocycles. The molecular weight excluding hydrogens is 1500 g/mol. The van der Waals surface area contributed by atoms with Crippen LogP contribution in [0.1, 0.15) is 208 Å². The molecule has 0 aliphatic heterocycles. The van der Waals surface area contributed by atoms with Gasteiger partial charge in [0.15, 0.2) is 0 Å². The second kappa shape index (κ2) is 212. The van der Waals surface area contributed by atoms with Crippen molar-refractivity contribution < 1.29 is 132 Å². The average Bonchev–Trinajstić information content (AvgIpc) is 3.55. The van der Waals surface area contributed by atoms with Gasteiger partial charge in [0, 0.05) is 111 Å². The minimum Gasteiger partial charge on any atom is -0.358 e. The zero-order valence-corrected chi connectivity index (χ0v) is 78.7. The molecule has 91 heavy (non-hydrogen) atoms. The first-order valence-electron chi connectivity index (χ1n) is 30.3. The van der Waals surface area contributed by atoms with Gasteiger partial charge in [0.05, 0.1) is 0 Å². The normalized spacial score (nSPS) is 5.89. The van der Waals surface area contributed by atoms with E-state index in [1.807, 2.05) is 312 Å². The smallest absolute Gasteiger partial charge is 0.358 e. The fourth-order valence-corrected chi connectivity index (χ4v) is 3.81. The van der Waals surface area contributed by atoms with Crippen LogP contribution in [0.3, 0.4) is 0 Å². The summed E-state index contributed by atoms with van der Waals surface area (Å²) in [6.07, 6.45) is 0. The van der Waals surface area contributed by atoms with Crippen molar-refractivity contribution in [2.24, 2.45) is 11.8 Å². The molecule has 0 saturated carbocycles. The minimum absolute atomic E-state index is 0. The number of benzene rings is 8. The van der Waals surface area contributed by atoms with Gasteiger partial charge in [-0.1, -0.05) is 450 Å². The molecule has 8 aromatic rings. The topological polar surface area (TPSA) is 0 Å². The molecular formula is C84H156V6W-6. The molecule has 0 heterocycles. The molecule has 0 amide bonds. The second-order valence-corrected chi connectivity index (χ2v) is 12.8. The molecule has 7 heteroatoms. The van der Waals surface area contributed by atoms with E-state index >= 15 is 0 Å². The van der Waals surface area contributed by atoms with Gasteiger partial charge in [-0.15, -0.1) is 0 Å². The van der Waals surface area contributed by atoms with Crippen LogP contribution in [0.15, 0.2) is 243 Å². The van der Waals surface area contributed by atoms with Crippen molar-refractivity contribution in [1.29, 1.82) is 0 Å². The third kappa shape index (κ3) is 193. The van der Waals surface area contributed by atoms with E-state index < -0.39 is 0 Å². The Morgan fingerprint density at radius 3 is 0.231 bits per heavy atom. The van der Waals surface area contributed by atoms with Crippen LogP contribution in [-0.2, 0) is 132 Å². The van der Waals surface area contributed by atoms with E-state index in [1.54, 1.807) is 0 Å².